The molecule has 0 amide bonds. The number of ether oxygens (including phenoxy) is 2. The minimum atomic E-state index is -0.675. The van der Waals surface area contributed by atoms with E-state index in [1.54, 1.807) is 12.1 Å². The topological polar surface area (TPSA) is 71.0 Å². The summed E-state index contributed by atoms with van der Waals surface area (Å²) in [5, 5.41) is 24.9. The average Bonchev–Trinajstić information content (AvgIpc) is 3.21. The Kier molecular flexibility index (Phi) is 2.77. The average molecular weight is 321 g/mol. The zero-order valence-corrected chi connectivity index (χ0v) is 12.7. The van der Waals surface area contributed by atoms with Crippen LogP contribution in [0.15, 0.2) is 42.5 Å². The molecule has 3 N–H and O–H groups in total. The van der Waals surface area contributed by atoms with Crippen molar-refractivity contribution in [1.82, 2.24) is 5.32 Å². The van der Waals surface area contributed by atoms with Crippen molar-refractivity contribution in [2.45, 2.75) is 12.8 Å². The molecule has 120 valence electrons. The molecular weight excluding hydrogens is 306 g/mol. The molecule has 0 saturated carbocycles. The fraction of sp³-hybridized carbons (Fsp3) is 0.158. The van der Waals surface area contributed by atoms with Crippen LogP contribution in [-0.2, 0) is 6.54 Å². The Morgan fingerprint density at radius 3 is 2.71 bits per heavy atom. The lowest BCUT2D eigenvalue weighted by Gasteiger charge is -2.15. The summed E-state index contributed by atoms with van der Waals surface area (Å²) in [6.07, 6.45) is -0.675. The Balaban J connectivity index is 1.92. The standard InChI is InChI=1S/C19H15NO4/c21-12-4-1-10(2-5-12)16-14-8-20-19(22)13(14)7-11-3-6-15-18(17(11)16)24-9-23-15/h1-7,19-22H,8-9H2. The third-order valence-electron chi connectivity index (χ3n) is 4.71. The highest BCUT2D eigenvalue weighted by Gasteiger charge is 2.28. The summed E-state index contributed by atoms with van der Waals surface area (Å²) < 4.78 is 11.3. The van der Waals surface area contributed by atoms with Gasteiger partial charge in [-0.15, -0.1) is 0 Å². The molecule has 5 nitrogen and oxygen atoms in total. The van der Waals surface area contributed by atoms with E-state index in [1.165, 1.54) is 0 Å². The zero-order chi connectivity index (χ0) is 16.3. The molecule has 0 saturated heterocycles. The van der Waals surface area contributed by atoms with E-state index in [4.69, 9.17) is 9.47 Å². The molecule has 0 aliphatic carbocycles. The molecule has 0 fully saturated rings. The summed E-state index contributed by atoms with van der Waals surface area (Å²) in [6, 6.07) is 13.0. The normalized spacial score (nSPS) is 18.1. The zero-order valence-electron chi connectivity index (χ0n) is 12.7. The van der Waals surface area contributed by atoms with Crippen LogP contribution in [0, 0.1) is 0 Å². The number of aliphatic hydroxyl groups is 1. The van der Waals surface area contributed by atoms with Gasteiger partial charge in [0.05, 0.1) is 0 Å². The van der Waals surface area contributed by atoms with Crippen molar-refractivity contribution in [3.8, 4) is 28.4 Å². The maximum Gasteiger partial charge on any atom is 0.231 e. The van der Waals surface area contributed by atoms with Gasteiger partial charge < -0.3 is 19.7 Å². The van der Waals surface area contributed by atoms with Crippen LogP contribution in [0.5, 0.6) is 17.2 Å². The number of fused-ring (bicyclic) bond motifs is 4. The van der Waals surface area contributed by atoms with Crippen molar-refractivity contribution in [2.24, 2.45) is 0 Å². The van der Waals surface area contributed by atoms with Crippen LogP contribution in [0.4, 0.5) is 0 Å². The summed E-state index contributed by atoms with van der Waals surface area (Å²) in [7, 11) is 0. The summed E-state index contributed by atoms with van der Waals surface area (Å²) >= 11 is 0. The Morgan fingerprint density at radius 2 is 1.88 bits per heavy atom. The SMILES string of the molecule is Oc1ccc(-c2c3c(cc4ccc5c(c24)OCO5)C(O)NC3)cc1. The smallest absolute Gasteiger partial charge is 0.231 e. The highest BCUT2D eigenvalue weighted by atomic mass is 16.7. The Hall–Kier alpha value is -2.76. The van der Waals surface area contributed by atoms with Crippen molar-refractivity contribution in [2.75, 3.05) is 6.79 Å². The van der Waals surface area contributed by atoms with Crippen molar-refractivity contribution in [1.29, 1.82) is 0 Å². The van der Waals surface area contributed by atoms with Gasteiger partial charge in [0, 0.05) is 17.5 Å². The maximum atomic E-state index is 10.2. The second-order valence-electron chi connectivity index (χ2n) is 6.05. The molecule has 5 heteroatoms. The van der Waals surface area contributed by atoms with E-state index >= 15 is 0 Å². The van der Waals surface area contributed by atoms with Crippen molar-refractivity contribution in [3.63, 3.8) is 0 Å². The third kappa shape index (κ3) is 1.82. The van der Waals surface area contributed by atoms with Crippen molar-refractivity contribution < 1.29 is 19.7 Å². The van der Waals surface area contributed by atoms with Crippen molar-refractivity contribution >= 4 is 10.8 Å². The quantitative estimate of drug-likeness (QED) is 0.643. The second-order valence-corrected chi connectivity index (χ2v) is 6.05. The first kappa shape index (κ1) is 13.7. The minimum absolute atomic E-state index is 0.210. The van der Waals surface area contributed by atoms with E-state index in [0.717, 1.165) is 44.5 Å². The molecule has 1 atom stereocenters. The highest BCUT2D eigenvalue weighted by molar-refractivity contribution is 6.05. The maximum absolute atomic E-state index is 10.2. The molecule has 0 aromatic heterocycles. The Labute approximate surface area is 138 Å². The Morgan fingerprint density at radius 1 is 1.04 bits per heavy atom. The molecule has 0 bridgehead atoms. The first-order chi connectivity index (χ1) is 11.7. The van der Waals surface area contributed by atoms with Gasteiger partial charge in [0.2, 0.25) is 6.79 Å². The van der Waals surface area contributed by atoms with E-state index in [0.29, 0.717) is 6.54 Å². The second kappa shape index (κ2) is 4.87. The van der Waals surface area contributed by atoms with Gasteiger partial charge >= 0.3 is 0 Å². The first-order valence-electron chi connectivity index (χ1n) is 7.81. The number of aromatic hydroxyl groups is 1. The summed E-state index contributed by atoms with van der Waals surface area (Å²) in [5.74, 6) is 1.69. The van der Waals surface area contributed by atoms with E-state index < -0.39 is 6.23 Å². The monoisotopic (exact) mass is 321 g/mol. The van der Waals surface area contributed by atoms with Gasteiger partial charge in [-0.1, -0.05) is 18.2 Å². The van der Waals surface area contributed by atoms with Crippen LogP contribution in [0.2, 0.25) is 0 Å². The predicted octanol–water partition coefficient (Wildman–Crippen LogP) is 3.04. The van der Waals surface area contributed by atoms with Crippen molar-refractivity contribution in [3.05, 3.63) is 53.6 Å². The van der Waals surface area contributed by atoms with E-state index in [2.05, 4.69) is 5.32 Å². The highest BCUT2D eigenvalue weighted by Crippen LogP contribution is 2.47. The van der Waals surface area contributed by atoms with Crippen LogP contribution < -0.4 is 14.8 Å². The number of nitrogens with one attached hydrogen (secondary N) is 1. The number of aliphatic hydroxyl groups excluding tert-OH is 1. The number of benzene rings is 3. The molecule has 2 aliphatic rings. The van der Waals surface area contributed by atoms with Gasteiger partial charge in [0.15, 0.2) is 11.5 Å². The summed E-state index contributed by atoms with van der Waals surface area (Å²) in [4.78, 5) is 0. The third-order valence-corrected chi connectivity index (χ3v) is 4.71. The number of phenols is 1. The van der Waals surface area contributed by atoms with Crippen LogP contribution in [0.1, 0.15) is 17.4 Å². The molecule has 5 rings (SSSR count). The number of phenolic OH excluding ortho intramolecular Hbond substituents is 1. The minimum Gasteiger partial charge on any atom is -0.508 e. The van der Waals surface area contributed by atoms with Crippen LogP contribution >= 0.6 is 0 Å². The predicted molar refractivity (Wildman–Crippen MR) is 89.0 cm³/mol. The number of hydrogen-bond acceptors (Lipinski definition) is 5. The van der Waals surface area contributed by atoms with Gasteiger partial charge in [0.25, 0.3) is 0 Å². The summed E-state index contributed by atoms with van der Waals surface area (Å²) in [5.41, 5.74) is 3.90. The van der Waals surface area contributed by atoms with Gasteiger partial charge in [-0.3, -0.25) is 5.32 Å². The van der Waals surface area contributed by atoms with E-state index in [1.807, 2.05) is 30.3 Å². The molecule has 1 unspecified atom stereocenters. The fourth-order valence-corrected chi connectivity index (χ4v) is 3.61. The lowest BCUT2D eigenvalue weighted by Crippen LogP contribution is -2.10. The molecule has 3 aromatic carbocycles. The van der Waals surface area contributed by atoms with Gasteiger partial charge in [0.1, 0.15) is 12.0 Å². The van der Waals surface area contributed by atoms with E-state index in [9.17, 15) is 10.2 Å². The Bertz CT molecular complexity index is 966. The van der Waals surface area contributed by atoms with Crippen LogP contribution in [0.3, 0.4) is 0 Å². The van der Waals surface area contributed by atoms with Gasteiger partial charge in [-0.25, -0.2) is 0 Å². The number of rotatable bonds is 1. The molecule has 3 aromatic rings. The lowest BCUT2D eigenvalue weighted by molar-refractivity contribution is 0.151. The molecular formula is C19H15NO4. The molecule has 24 heavy (non-hydrogen) atoms. The lowest BCUT2D eigenvalue weighted by atomic mass is 9.90. The van der Waals surface area contributed by atoms with Crippen LogP contribution in [0.25, 0.3) is 21.9 Å². The number of hydrogen-bond donors (Lipinski definition) is 3. The van der Waals surface area contributed by atoms with Crippen LogP contribution in [-0.4, -0.2) is 17.0 Å². The van der Waals surface area contributed by atoms with Gasteiger partial charge in [-0.05, 0) is 46.3 Å². The van der Waals surface area contributed by atoms with E-state index in [-0.39, 0.29) is 12.5 Å². The summed E-state index contributed by atoms with van der Waals surface area (Å²) in [6.45, 7) is 0.786. The first-order valence-corrected chi connectivity index (χ1v) is 7.81. The fourth-order valence-electron chi connectivity index (χ4n) is 3.61. The largest absolute Gasteiger partial charge is 0.508 e. The molecule has 2 heterocycles. The molecule has 2 aliphatic heterocycles. The molecule has 0 radical (unpaired) electrons. The van der Waals surface area contributed by atoms with Gasteiger partial charge in [-0.2, -0.15) is 0 Å². The molecule has 0 spiro atoms.